The van der Waals surface area contributed by atoms with Crippen molar-refractivity contribution in [3.8, 4) is 11.1 Å². The Morgan fingerprint density at radius 3 is 1.85 bits per heavy atom. The molecule has 0 spiro atoms. The summed E-state index contributed by atoms with van der Waals surface area (Å²) in [7, 11) is 0. The van der Waals surface area contributed by atoms with E-state index in [0.717, 1.165) is 0 Å². The summed E-state index contributed by atoms with van der Waals surface area (Å²) in [6.45, 7) is 5.02. The van der Waals surface area contributed by atoms with E-state index in [9.17, 15) is 36.2 Å². The molecule has 33 heavy (non-hydrogen) atoms. The van der Waals surface area contributed by atoms with Crippen LogP contribution >= 0.6 is 0 Å². The number of alkyl halides is 6. The quantitative estimate of drug-likeness (QED) is 0.514. The monoisotopic (exact) mass is 475 g/mol. The Hall–Kier alpha value is -2.59. The largest absolute Gasteiger partial charge is 0.479 e. The SMILES string of the molecule is Cc1ccc(-c2c([C@H](OC(C)(C)C)C(=O)O)c(C(F)(F)F)c3c(c2C(F)(F)F)CNC3)cc1. The van der Waals surface area contributed by atoms with E-state index in [4.69, 9.17) is 4.74 Å². The van der Waals surface area contributed by atoms with E-state index < -0.39 is 76.5 Å². The molecule has 1 aliphatic heterocycles. The standard InChI is InChI=1S/C23H23F6NO3/c1-11-5-7-12(8-6-11)15-16(19(20(31)32)33-21(2,3)4)18(23(27,28)29)14-10-30-9-13(14)17(15)22(24,25)26/h5-8,19,30H,9-10H2,1-4H3,(H,31,32)/t19-/m0/s1. The van der Waals surface area contributed by atoms with Gasteiger partial charge in [0.05, 0.1) is 16.7 Å². The van der Waals surface area contributed by atoms with E-state index in [2.05, 4.69) is 5.32 Å². The maximum absolute atomic E-state index is 14.4. The lowest BCUT2D eigenvalue weighted by Crippen LogP contribution is -2.31. The molecule has 2 aromatic rings. The molecule has 0 saturated carbocycles. The van der Waals surface area contributed by atoms with Gasteiger partial charge in [0.15, 0.2) is 6.10 Å². The highest BCUT2D eigenvalue weighted by molar-refractivity contribution is 5.85. The molecule has 1 heterocycles. The minimum atomic E-state index is -5.12. The summed E-state index contributed by atoms with van der Waals surface area (Å²) in [5.74, 6) is -1.82. The first-order valence-electron chi connectivity index (χ1n) is 10.1. The third-order valence-electron chi connectivity index (χ3n) is 5.23. The summed E-state index contributed by atoms with van der Waals surface area (Å²) in [4.78, 5) is 12.2. The molecule has 0 saturated heterocycles. The fraction of sp³-hybridized carbons (Fsp3) is 0.435. The number of rotatable bonds is 4. The average Bonchev–Trinajstić information content (AvgIpc) is 3.10. The second-order valence-corrected chi connectivity index (χ2v) is 8.91. The van der Waals surface area contributed by atoms with Gasteiger partial charge in [-0.2, -0.15) is 26.3 Å². The van der Waals surface area contributed by atoms with Crippen molar-refractivity contribution >= 4 is 5.97 Å². The molecule has 0 unspecified atom stereocenters. The first-order chi connectivity index (χ1) is 15.0. The summed E-state index contributed by atoms with van der Waals surface area (Å²) in [5.41, 5.74) is -6.44. The molecule has 0 aliphatic carbocycles. The Morgan fingerprint density at radius 2 is 1.42 bits per heavy atom. The molecule has 0 amide bonds. The molecule has 4 nitrogen and oxygen atoms in total. The van der Waals surface area contributed by atoms with Crippen molar-refractivity contribution in [2.75, 3.05) is 0 Å². The van der Waals surface area contributed by atoms with Crippen LogP contribution < -0.4 is 5.32 Å². The van der Waals surface area contributed by atoms with Crippen molar-refractivity contribution in [1.29, 1.82) is 0 Å². The zero-order valence-corrected chi connectivity index (χ0v) is 18.3. The number of benzene rings is 2. The van der Waals surface area contributed by atoms with E-state index >= 15 is 0 Å². The van der Waals surface area contributed by atoms with Gasteiger partial charge in [0.25, 0.3) is 0 Å². The molecule has 180 valence electrons. The number of carbonyl (C=O) groups is 1. The minimum Gasteiger partial charge on any atom is -0.479 e. The fourth-order valence-electron chi connectivity index (χ4n) is 4.08. The van der Waals surface area contributed by atoms with Crippen LogP contribution in [-0.2, 0) is 35.0 Å². The van der Waals surface area contributed by atoms with Crippen molar-refractivity contribution in [3.05, 3.63) is 57.6 Å². The Kier molecular flexibility index (Phi) is 6.31. The number of ether oxygens (including phenoxy) is 1. The first-order valence-corrected chi connectivity index (χ1v) is 10.1. The molecule has 1 atom stereocenters. The summed E-state index contributed by atoms with van der Waals surface area (Å²) in [5, 5.41) is 12.4. The van der Waals surface area contributed by atoms with Gasteiger partial charge in [0.1, 0.15) is 0 Å². The third kappa shape index (κ3) is 5.01. The van der Waals surface area contributed by atoms with Gasteiger partial charge in [-0.1, -0.05) is 29.8 Å². The summed E-state index contributed by atoms with van der Waals surface area (Å²) in [6.07, 6.45) is -12.4. The highest BCUT2D eigenvalue weighted by Gasteiger charge is 2.49. The molecule has 3 rings (SSSR count). The molecular weight excluding hydrogens is 452 g/mol. The van der Waals surface area contributed by atoms with E-state index in [1.165, 1.54) is 45.0 Å². The summed E-state index contributed by atoms with van der Waals surface area (Å²) in [6, 6.07) is 5.43. The smallest absolute Gasteiger partial charge is 0.417 e. The zero-order valence-electron chi connectivity index (χ0n) is 18.3. The van der Waals surface area contributed by atoms with Crippen LogP contribution in [0.25, 0.3) is 11.1 Å². The number of nitrogens with one attached hydrogen (secondary N) is 1. The van der Waals surface area contributed by atoms with Gasteiger partial charge in [-0.05, 0) is 44.4 Å². The van der Waals surface area contributed by atoms with Crippen LogP contribution in [0.5, 0.6) is 0 Å². The number of carboxylic acid groups (broad SMARTS) is 1. The molecule has 0 fully saturated rings. The predicted octanol–water partition coefficient (Wildman–Crippen LogP) is 6.24. The van der Waals surface area contributed by atoms with E-state index in [1.54, 1.807) is 6.92 Å². The van der Waals surface area contributed by atoms with Crippen molar-refractivity contribution in [3.63, 3.8) is 0 Å². The van der Waals surface area contributed by atoms with Gasteiger partial charge in [0, 0.05) is 24.2 Å². The molecule has 2 N–H and O–H groups in total. The molecule has 1 aliphatic rings. The predicted molar refractivity (Wildman–Crippen MR) is 108 cm³/mol. The number of carboxylic acids is 1. The van der Waals surface area contributed by atoms with Gasteiger partial charge >= 0.3 is 18.3 Å². The maximum Gasteiger partial charge on any atom is 0.417 e. The highest BCUT2D eigenvalue weighted by Crippen LogP contribution is 2.52. The Labute approximate surface area is 186 Å². The first kappa shape index (κ1) is 25.0. The molecular formula is C23H23F6NO3. The van der Waals surface area contributed by atoms with Crippen LogP contribution in [0, 0.1) is 6.92 Å². The fourth-order valence-corrected chi connectivity index (χ4v) is 4.08. The van der Waals surface area contributed by atoms with Gasteiger partial charge in [-0.3, -0.25) is 0 Å². The number of fused-ring (bicyclic) bond motifs is 1. The normalized spacial score (nSPS) is 15.5. The van der Waals surface area contributed by atoms with E-state index in [1.807, 2.05) is 0 Å². The van der Waals surface area contributed by atoms with Crippen LogP contribution in [0.2, 0.25) is 0 Å². The maximum atomic E-state index is 14.4. The molecule has 0 bridgehead atoms. The molecule has 2 aromatic carbocycles. The average molecular weight is 475 g/mol. The number of aliphatic carboxylic acids is 1. The lowest BCUT2D eigenvalue weighted by atomic mass is 9.81. The minimum absolute atomic E-state index is 0.174. The highest BCUT2D eigenvalue weighted by atomic mass is 19.4. The molecule has 0 radical (unpaired) electrons. The van der Waals surface area contributed by atoms with Crippen molar-refractivity contribution in [2.24, 2.45) is 0 Å². The van der Waals surface area contributed by atoms with Gasteiger partial charge in [-0.15, -0.1) is 0 Å². The second kappa shape index (κ2) is 8.32. The van der Waals surface area contributed by atoms with Crippen LogP contribution in [0.15, 0.2) is 24.3 Å². The van der Waals surface area contributed by atoms with Gasteiger partial charge in [0.2, 0.25) is 0 Å². The van der Waals surface area contributed by atoms with Crippen LogP contribution in [0.4, 0.5) is 26.3 Å². The number of aryl methyl sites for hydroxylation is 1. The van der Waals surface area contributed by atoms with E-state index in [-0.39, 0.29) is 5.56 Å². The van der Waals surface area contributed by atoms with Crippen LogP contribution in [-0.4, -0.2) is 16.7 Å². The second-order valence-electron chi connectivity index (χ2n) is 8.91. The number of hydrogen-bond acceptors (Lipinski definition) is 3. The van der Waals surface area contributed by atoms with Crippen molar-refractivity contribution in [1.82, 2.24) is 5.32 Å². The van der Waals surface area contributed by atoms with E-state index in [0.29, 0.717) is 5.56 Å². The molecule has 10 heteroatoms. The lowest BCUT2D eigenvalue weighted by molar-refractivity contribution is -0.163. The Bertz CT molecular complexity index is 1070. The Morgan fingerprint density at radius 1 is 0.939 bits per heavy atom. The topological polar surface area (TPSA) is 58.6 Å². The Balaban J connectivity index is 2.60. The van der Waals surface area contributed by atoms with Crippen LogP contribution in [0.3, 0.4) is 0 Å². The number of halogens is 6. The summed E-state index contributed by atoms with van der Waals surface area (Å²) < 4.78 is 91.8. The lowest BCUT2D eigenvalue weighted by Gasteiger charge is -2.32. The summed E-state index contributed by atoms with van der Waals surface area (Å²) >= 11 is 0. The van der Waals surface area contributed by atoms with Crippen LogP contribution in [0.1, 0.15) is 60.3 Å². The third-order valence-corrected chi connectivity index (χ3v) is 5.23. The molecule has 0 aromatic heterocycles. The van der Waals surface area contributed by atoms with Crippen molar-refractivity contribution in [2.45, 2.75) is 64.8 Å². The number of hydrogen-bond donors (Lipinski definition) is 2. The zero-order chi connectivity index (χ0) is 24.9. The van der Waals surface area contributed by atoms with Gasteiger partial charge < -0.3 is 15.2 Å². The van der Waals surface area contributed by atoms with Gasteiger partial charge in [-0.25, -0.2) is 4.79 Å². The van der Waals surface area contributed by atoms with Crippen molar-refractivity contribution < 1.29 is 41.0 Å².